The van der Waals surface area contributed by atoms with Crippen molar-refractivity contribution >= 4 is 0 Å². The zero-order valence-electron chi connectivity index (χ0n) is 52.0. The molecule has 0 amide bonds. The predicted molar refractivity (Wildman–Crippen MR) is 329 cm³/mol. The van der Waals surface area contributed by atoms with Gasteiger partial charge in [0.25, 0.3) is 0 Å². The number of benzene rings is 4. The second kappa shape index (κ2) is 20.9. The Labute approximate surface area is 476 Å². The fraction of sp³-hybridized carbons (Fsp3) is 0.562. The van der Waals surface area contributed by atoms with Crippen molar-refractivity contribution in [2.45, 2.75) is 220 Å². The van der Waals surface area contributed by atoms with Gasteiger partial charge < -0.3 is 28.8 Å². The first kappa shape index (κ1) is 56.9. The Hall–Kier alpha value is -5.36. The van der Waals surface area contributed by atoms with Gasteiger partial charge in [0.2, 0.25) is 0 Å². The molecule has 0 spiro atoms. The molecule has 0 fully saturated rings. The molecule has 6 nitrogen and oxygen atoms in total. The molecular weight excluding hydrogens is 969 g/mol. The van der Waals surface area contributed by atoms with E-state index in [9.17, 15) is 10.2 Å². The Morgan fingerprint density at radius 3 is 0.975 bits per heavy atom. The van der Waals surface area contributed by atoms with Gasteiger partial charge in [0.15, 0.2) is 0 Å². The van der Waals surface area contributed by atoms with Crippen molar-refractivity contribution in [3.05, 3.63) is 128 Å². The first-order valence-corrected chi connectivity index (χ1v) is 30.7. The molecule has 424 valence electrons. The van der Waals surface area contributed by atoms with E-state index < -0.39 is 0 Å². The standard InChI is InChI=1S/C73H98N2O4/c1-42-19-29-66(56(31-42)58-33-44(3)35-64(68(58)76)74-60-25-21-48(70(7,8)9)38-52(60)53-39-49(71(10,11)12)22-26-61(53)74)78-46(5)37-47(6)79-67-30-20-43(2)32-57(67)59-34-45(4)36-65(69(59)77)75-62-27-23-50(72(13,14)15)40-54(62)55-41-51(73(16,17)18)24-28-63(55)75/h19-20,29-36,46-51,76-77H,21-28,37-41H2,1-18H3/t46-,47+,48?,49?,50?,51?. The number of phenolic OH excluding ortho intramolecular Hbond substituents is 2. The van der Waals surface area contributed by atoms with E-state index in [2.05, 4.69) is 194 Å². The lowest BCUT2D eigenvalue weighted by molar-refractivity contribution is 0.131. The highest BCUT2D eigenvalue weighted by atomic mass is 16.5. The van der Waals surface area contributed by atoms with Crippen molar-refractivity contribution in [2.75, 3.05) is 0 Å². The van der Waals surface area contributed by atoms with Crippen molar-refractivity contribution in [3.8, 4) is 56.6 Å². The van der Waals surface area contributed by atoms with E-state index in [1.807, 2.05) is 0 Å². The molecule has 79 heavy (non-hydrogen) atoms. The summed E-state index contributed by atoms with van der Waals surface area (Å²) in [5.41, 5.74) is 22.5. The zero-order valence-corrected chi connectivity index (χ0v) is 52.0. The van der Waals surface area contributed by atoms with Gasteiger partial charge in [0, 0.05) is 51.5 Å². The summed E-state index contributed by atoms with van der Waals surface area (Å²) in [7, 11) is 0. The predicted octanol–water partition coefficient (Wildman–Crippen LogP) is 18.5. The molecule has 4 unspecified atom stereocenters. The van der Waals surface area contributed by atoms with Crippen molar-refractivity contribution in [1.82, 2.24) is 9.13 Å². The number of fused-ring (bicyclic) bond motifs is 6. The van der Waals surface area contributed by atoms with E-state index in [0.29, 0.717) is 41.6 Å². The Balaban J connectivity index is 0.941. The molecule has 4 aliphatic carbocycles. The topological polar surface area (TPSA) is 68.8 Å². The minimum atomic E-state index is -0.215. The molecule has 2 heterocycles. The van der Waals surface area contributed by atoms with Gasteiger partial charge in [-0.15, -0.1) is 0 Å². The Morgan fingerprint density at radius 1 is 0.418 bits per heavy atom. The van der Waals surface area contributed by atoms with Crippen LogP contribution in [0.2, 0.25) is 0 Å². The lowest BCUT2D eigenvalue weighted by Gasteiger charge is -2.36. The summed E-state index contributed by atoms with van der Waals surface area (Å²) in [4.78, 5) is 0. The third-order valence-corrected chi connectivity index (χ3v) is 19.9. The first-order valence-electron chi connectivity index (χ1n) is 30.7. The minimum absolute atomic E-state index is 0.215. The van der Waals surface area contributed by atoms with Crippen molar-refractivity contribution < 1.29 is 19.7 Å². The fourth-order valence-electron chi connectivity index (χ4n) is 14.9. The van der Waals surface area contributed by atoms with E-state index in [0.717, 1.165) is 144 Å². The molecule has 4 aliphatic rings. The van der Waals surface area contributed by atoms with E-state index >= 15 is 0 Å². The molecule has 6 atom stereocenters. The maximum Gasteiger partial charge on any atom is 0.147 e. The van der Waals surface area contributed by atoms with Crippen LogP contribution in [0.5, 0.6) is 23.0 Å². The number of ether oxygens (including phenoxy) is 2. The van der Waals surface area contributed by atoms with Gasteiger partial charge in [-0.1, -0.05) is 106 Å². The quantitative estimate of drug-likeness (QED) is 0.143. The highest BCUT2D eigenvalue weighted by Gasteiger charge is 2.41. The SMILES string of the molecule is Cc1ccc(O[C@H](C)C[C@H](C)Oc2ccc(C)cc2-c2cc(C)cc(-n3c4c(c5c3CCC(C(C)(C)C)C5)CC(C(C)(C)C)CC4)c2O)c(-c2cc(C)cc(-n3c4c(c5c3CCC(C(C)(C)C)C5)CC(C(C)(C)C)CC4)c2O)c1. The minimum Gasteiger partial charge on any atom is -0.505 e. The molecule has 0 saturated heterocycles. The van der Waals surface area contributed by atoms with Gasteiger partial charge in [-0.25, -0.2) is 0 Å². The third kappa shape index (κ3) is 11.1. The number of aromatic nitrogens is 2. The number of rotatable bonds is 10. The molecule has 2 N–H and O–H groups in total. The second-order valence-electron chi connectivity index (χ2n) is 30.0. The van der Waals surface area contributed by atoms with Crippen LogP contribution in [0.25, 0.3) is 33.6 Å². The summed E-state index contributed by atoms with van der Waals surface area (Å²) in [5, 5.41) is 25.5. The summed E-state index contributed by atoms with van der Waals surface area (Å²) in [6.45, 7) is 41.8. The molecule has 0 radical (unpaired) electrons. The van der Waals surface area contributed by atoms with Gasteiger partial charge in [-0.2, -0.15) is 0 Å². The van der Waals surface area contributed by atoms with Gasteiger partial charge in [-0.3, -0.25) is 0 Å². The molecule has 4 aromatic carbocycles. The molecule has 0 saturated carbocycles. The van der Waals surface area contributed by atoms with Crippen LogP contribution in [-0.2, 0) is 51.4 Å². The number of aryl methyl sites for hydroxylation is 4. The number of aromatic hydroxyl groups is 2. The molecule has 6 heteroatoms. The molecule has 0 aliphatic heterocycles. The molecule has 6 aromatic rings. The van der Waals surface area contributed by atoms with Crippen LogP contribution in [0.15, 0.2) is 60.7 Å². The average Bonchev–Trinajstić information content (AvgIpc) is 3.74. The van der Waals surface area contributed by atoms with Crippen molar-refractivity contribution in [1.29, 1.82) is 0 Å². The Kier molecular flexibility index (Phi) is 15.0. The number of hydrogen-bond donors (Lipinski definition) is 2. The smallest absolute Gasteiger partial charge is 0.147 e. The third-order valence-electron chi connectivity index (χ3n) is 19.9. The van der Waals surface area contributed by atoms with E-state index in [1.165, 1.54) is 22.8 Å². The molecule has 10 rings (SSSR count). The van der Waals surface area contributed by atoms with Crippen LogP contribution >= 0.6 is 0 Å². The summed E-state index contributed by atoms with van der Waals surface area (Å²) in [6.07, 6.45) is 13.3. The maximum atomic E-state index is 12.8. The normalized spacial score (nSPS) is 20.5. The molecular formula is C73H98N2O4. The monoisotopic (exact) mass is 1070 g/mol. The van der Waals surface area contributed by atoms with Crippen LogP contribution in [0.1, 0.15) is 196 Å². The number of phenols is 2. The highest BCUT2D eigenvalue weighted by molar-refractivity contribution is 5.82. The number of nitrogens with zero attached hydrogens (tertiary/aromatic N) is 2. The van der Waals surface area contributed by atoms with Gasteiger partial charge >= 0.3 is 0 Å². The second-order valence-corrected chi connectivity index (χ2v) is 30.0. The van der Waals surface area contributed by atoms with Crippen molar-refractivity contribution in [2.24, 2.45) is 45.3 Å². The molecule has 0 bridgehead atoms. The summed E-state index contributed by atoms with van der Waals surface area (Å²) in [5.74, 6) is 4.64. The first-order chi connectivity index (χ1) is 37.0. The Morgan fingerprint density at radius 2 is 0.696 bits per heavy atom. The molecule has 2 aromatic heterocycles. The Bertz CT molecular complexity index is 2960. The summed E-state index contributed by atoms with van der Waals surface area (Å²) >= 11 is 0. The fourth-order valence-corrected chi connectivity index (χ4v) is 14.9. The average molecular weight is 1070 g/mol. The van der Waals surface area contributed by atoms with Crippen LogP contribution < -0.4 is 9.47 Å². The lowest BCUT2D eigenvalue weighted by atomic mass is 9.68. The summed E-state index contributed by atoms with van der Waals surface area (Å²) in [6, 6.07) is 21.4. The largest absolute Gasteiger partial charge is 0.505 e. The van der Waals surface area contributed by atoms with E-state index in [-0.39, 0.29) is 33.9 Å². The van der Waals surface area contributed by atoms with Gasteiger partial charge in [-0.05, 0) is 246 Å². The summed E-state index contributed by atoms with van der Waals surface area (Å²) < 4.78 is 19.0. The highest BCUT2D eigenvalue weighted by Crippen LogP contribution is 2.52. The van der Waals surface area contributed by atoms with Gasteiger partial charge in [0.05, 0.1) is 23.6 Å². The van der Waals surface area contributed by atoms with E-state index in [4.69, 9.17) is 9.47 Å². The zero-order chi connectivity index (χ0) is 57.0. The van der Waals surface area contributed by atoms with Crippen LogP contribution in [0.4, 0.5) is 0 Å². The van der Waals surface area contributed by atoms with Crippen LogP contribution in [-0.4, -0.2) is 31.6 Å². The van der Waals surface area contributed by atoms with E-state index in [1.54, 1.807) is 22.3 Å². The number of hydrogen-bond acceptors (Lipinski definition) is 4. The van der Waals surface area contributed by atoms with Crippen molar-refractivity contribution in [3.63, 3.8) is 0 Å². The van der Waals surface area contributed by atoms with Crippen LogP contribution in [0, 0.1) is 73.0 Å². The maximum absolute atomic E-state index is 12.8. The van der Waals surface area contributed by atoms with Crippen LogP contribution in [0.3, 0.4) is 0 Å². The lowest BCUT2D eigenvalue weighted by Crippen LogP contribution is -2.29. The van der Waals surface area contributed by atoms with Gasteiger partial charge in [0.1, 0.15) is 23.0 Å².